The first kappa shape index (κ1) is 10.7. The minimum Gasteiger partial charge on any atom is -0.444 e. The molecule has 0 radical (unpaired) electrons. The van der Waals surface area contributed by atoms with E-state index in [1.165, 1.54) is 0 Å². The molecule has 15 heavy (non-hydrogen) atoms. The lowest BCUT2D eigenvalue weighted by Crippen LogP contribution is -2.51. The van der Waals surface area contributed by atoms with Crippen molar-refractivity contribution in [2.45, 2.75) is 57.2 Å². The van der Waals surface area contributed by atoms with Gasteiger partial charge in [0.15, 0.2) is 0 Å². The molecule has 0 unspecified atom stereocenters. The summed E-state index contributed by atoms with van der Waals surface area (Å²) in [4.78, 5) is 11.6. The molecule has 1 amide bonds. The van der Waals surface area contributed by atoms with E-state index in [-0.39, 0.29) is 11.6 Å². The van der Waals surface area contributed by atoms with Gasteiger partial charge in [-0.05, 0) is 40.0 Å². The van der Waals surface area contributed by atoms with E-state index in [4.69, 9.17) is 4.74 Å². The molecular weight excluding hydrogens is 192 g/mol. The second-order valence-corrected chi connectivity index (χ2v) is 5.73. The van der Waals surface area contributed by atoms with E-state index in [0.29, 0.717) is 6.04 Å². The van der Waals surface area contributed by atoms with E-state index in [1.807, 2.05) is 20.8 Å². The Kier molecular flexibility index (Phi) is 2.41. The number of fused-ring (bicyclic) bond motifs is 2. The summed E-state index contributed by atoms with van der Waals surface area (Å²) in [7, 11) is 0. The fraction of sp³-hybridized carbons (Fsp3) is 0.909. The first-order chi connectivity index (χ1) is 6.89. The Bertz CT molecular complexity index is 262. The number of hydrogen-bond donors (Lipinski definition) is 2. The summed E-state index contributed by atoms with van der Waals surface area (Å²) < 4.78 is 5.27. The van der Waals surface area contributed by atoms with Crippen LogP contribution in [0.15, 0.2) is 0 Å². The summed E-state index contributed by atoms with van der Waals surface area (Å²) in [5.74, 6) is 0. The molecular formula is C11H20N2O2. The highest BCUT2D eigenvalue weighted by Gasteiger charge is 2.46. The average molecular weight is 212 g/mol. The van der Waals surface area contributed by atoms with Crippen LogP contribution in [0.1, 0.15) is 40.0 Å². The topological polar surface area (TPSA) is 50.4 Å². The number of amides is 1. The molecule has 2 fully saturated rings. The van der Waals surface area contributed by atoms with Gasteiger partial charge in [-0.25, -0.2) is 4.79 Å². The van der Waals surface area contributed by atoms with E-state index in [9.17, 15) is 4.79 Å². The quantitative estimate of drug-likeness (QED) is 0.691. The molecule has 1 heterocycles. The minimum atomic E-state index is -0.412. The summed E-state index contributed by atoms with van der Waals surface area (Å²) in [6.07, 6.45) is 3.00. The Balaban J connectivity index is 1.89. The van der Waals surface area contributed by atoms with Crippen LogP contribution in [0.3, 0.4) is 0 Å². The van der Waals surface area contributed by atoms with Crippen LogP contribution in [0.25, 0.3) is 0 Å². The van der Waals surface area contributed by atoms with Crippen molar-refractivity contribution < 1.29 is 9.53 Å². The lowest BCUT2D eigenvalue weighted by molar-refractivity contribution is 0.0464. The second kappa shape index (κ2) is 3.37. The molecule has 2 rings (SSSR count). The lowest BCUT2D eigenvalue weighted by atomic mass is 10.00. The normalized spacial score (nSPS) is 34.2. The maximum Gasteiger partial charge on any atom is 0.408 e. The highest BCUT2D eigenvalue weighted by Crippen LogP contribution is 2.35. The smallest absolute Gasteiger partial charge is 0.408 e. The zero-order valence-electron chi connectivity index (χ0n) is 9.72. The number of alkyl carbamates (subject to hydrolysis) is 1. The first-order valence-electron chi connectivity index (χ1n) is 5.63. The third-order valence-electron chi connectivity index (χ3n) is 3.10. The maximum absolute atomic E-state index is 11.6. The van der Waals surface area contributed by atoms with Crippen LogP contribution in [0, 0.1) is 0 Å². The van der Waals surface area contributed by atoms with Crippen molar-refractivity contribution in [2.75, 3.05) is 6.54 Å². The van der Waals surface area contributed by atoms with Gasteiger partial charge in [0.05, 0.1) is 5.54 Å². The predicted molar refractivity (Wildman–Crippen MR) is 57.7 cm³/mol. The molecule has 2 atom stereocenters. The fourth-order valence-electron chi connectivity index (χ4n) is 2.48. The van der Waals surface area contributed by atoms with Crippen molar-refractivity contribution in [1.29, 1.82) is 0 Å². The van der Waals surface area contributed by atoms with Crippen LogP contribution in [-0.2, 0) is 4.74 Å². The maximum atomic E-state index is 11.6. The van der Waals surface area contributed by atoms with Crippen molar-refractivity contribution in [2.24, 2.45) is 0 Å². The number of nitrogens with one attached hydrogen (secondary N) is 2. The van der Waals surface area contributed by atoms with Gasteiger partial charge in [-0.15, -0.1) is 0 Å². The van der Waals surface area contributed by atoms with Crippen LogP contribution in [0.5, 0.6) is 0 Å². The predicted octanol–water partition coefficient (Wildman–Crippen LogP) is 1.41. The fourth-order valence-corrected chi connectivity index (χ4v) is 2.48. The minimum absolute atomic E-state index is 0.0347. The highest BCUT2D eigenvalue weighted by molar-refractivity contribution is 5.69. The summed E-state index contributed by atoms with van der Waals surface area (Å²) in [6, 6.07) is 0.597. The zero-order valence-corrected chi connectivity index (χ0v) is 9.72. The van der Waals surface area contributed by atoms with E-state index in [0.717, 1.165) is 25.8 Å². The van der Waals surface area contributed by atoms with Crippen molar-refractivity contribution in [3.63, 3.8) is 0 Å². The molecule has 0 aromatic carbocycles. The molecule has 1 saturated heterocycles. The number of carbonyl (C=O) groups excluding carboxylic acids is 1. The van der Waals surface area contributed by atoms with Gasteiger partial charge in [0.2, 0.25) is 0 Å². The summed E-state index contributed by atoms with van der Waals surface area (Å²) >= 11 is 0. The van der Waals surface area contributed by atoms with Gasteiger partial charge in [0.1, 0.15) is 5.60 Å². The molecule has 2 N–H and O–H groups in total. The Morgan fingerprint density at radius 2 is 2.27 bits per heavy atom. The van der Waals surface area contributed by atoms with E-state index < -0.39 is 5.60 Å². The molecule has 1 saturated carbocycles. The van der Waals surface area contributed by atoms with Gasteiger partial charge in [0.25, 0.3) is 0 Å². The first-order valence-corrected chi connectivity index (χ1v) is 5.63. The molecule has 0 aromatic heterocycles. The third-order valence-corrected chi connectivity index (χ3v) is 3.10. The summed E-state index contributed by atoms with van der Waals surface area (Å²) in [5.41, 5.74) is -0.447. The average Bonchev–Trinajstić information content (AvgIpc) is 2.58. The van der Waals surface area contributed by atoms with Crippen molar-refractivity contribution in [1.82, 2.24) is 10.6 Å². The second-order valence-electron chi connectivity index (χ2n) is 5.73. The third kappa shape index (κ3) is 2.43. The number of hydrogen-bond acceptors (Lipinski definition) is 3. The van der Waals surface area contributed by atoms with Gasteiger partial charge < -0.3 is 15.4 Å². The SMILES string of the molecule is CC(C)(C)OC(=O)N[C@@]12CC[C@@H](C1)NC2. The molecule has 4 nitrogen and oxygen atoms in total. The Morgan fingerprint density at radius 3 is 2.67 bits per heavy atom. The Morgan fingerprint density at radius 1 is 1.53 bits per heavy atom. The summed E-state index contributed by atoms with van der Waals surface area (Å²) in [6.45, 7) is 6.54. The van der Waals surface area contributed by atoms with Crippen molar-refractivity contribution in [3.8, 4) is 0 Å². The van der Waals surface area contributed by atoms with Crippen LogP contribution in [0.4, 0.5) is 4.79 Å². The largest absolute Gasteiger partial charge is 0.444 e. The van der Waals surface area contributed by atoms with Crippen LogP contribution in [0.2, 0.25) is 0 Å². The number of ether oxygens (including phenoxy) is 1. The van der Waals surface area contributed by atoms with E-state index in [2.05, 4.69) is 10.6 Å². The number of piperidine rings is 1. The monoisotopic (exact) mass is 212 g/mol. The Hall–Kier alpha value is -0.770. The van der Waals surface area contributed by atoms with Crippen LogP contribution < -0.4 is 10.6 Å². The number of rotatable bonds is 1. The summed E-state index contributed by atoms with van der Waals surface area (Å²) in [5, 5.41) is 6.41. The standard InChI is InChI=1S/C11H20N2O2/c1-10(2,3)15-9(14)13-11-5-4-8(6-11)12-7-11/h8,12H,4-7H2,1-3H3,(H,13,14)/t8-,11-/m0/s1. The van der Waals surface area contributed by atoms with Crippen molar-refractivity contribution in [3.05, 3.63) is 0 Å². The van der Waals surface area contributed by atoms with Crippen molar-refractivity contribution >= 4 is 6.09 Å². The molecule has 0 spiro atoms. The van der Waals surface area contributed by atoms with Gasteiger partial charge in [-0.2, -0.15) is 0 Å². The molecule has 86 valence electrons. The van der Waals surface area contributed by atoms with Crippen LogP contribution in [-0.4, -0.2) is 29.8 Å². The molecule has 2 bridgehead atoms. The van der Waals surface area contributed by atoms with Gasteiger partial charge in [-0.1, -0.05) is 0 Å². The molecule has 4 heteroatoms. The van der Waals surface area contributed by atoms with Gasteiger partial charge in [-0.3, -0.25) is 0 Å². The zero-order chi connectivity index (χ0) is 11.1. The molecule has 1 aliphatic carbocycles. The van der Waals surface area contributed by atoms with E-state index >= 15 is 0 Å². The molecule has 2 aliphatic rings. The van der Waals surface area contributed by atoms with Gasteiger partial charge >= 0.3 is 6.09 Å². The highest BCUT2D eigenvalue weighted by atomic mass is 16.6. The lowest BCUT2D eigenvalue weighted by Gasteiger charge is -2.29. The van der Waals surface area contributed by atoms with E-state index in [1.54, 1.807) is 0 Å². The number of carbonyl (C=O) groups is 1. The molecule has 1 aliphatic heterocycles. The van der Waals surface area contributed by atoms with Crippen LogP contribution >= 0.6 is 0 Å². The van der Waals surface area contributed by atoms with Gasteiger partial charge in [0, 0.05) is 12.6 Å². The molecule has 0 aromatic rings. The Labute approximate surface area is 90.8 Å².